The van der Waals surface area contributed by atoms with Gasteiger partial charge in [0.25, 0.3) is 11.8 Å². The predicted octanol–water partition coefficient (Wildman–Crippen LogP) is 2.00. The highest BCUT2D eigenvalue weighted by molar-refractivity contribution is 6.01. The molecule has 0 spiro atoms. The number of fused-ring (bicyclic) bond motifs is 3. The average molecular weight is 357 g/mol. The highest BCUT2D eigenvalue weighted by atomic mass is 16.2. The Bertz CT molecular complexity index is 1110. The lowest BCUT2D eigenvalue weighted by atomic mass is 9.89. The maximum Gasteiger partial charge on any atom is 0.271 e. The minimum absolute atomic E-state index is 0.166. The Kier molecular flexibility index (Phi) is 3.94. The van der Waals surface area contributed by atoms with Crippen LogP contribution in [0.1, 0.15) is 37.5 Å². The predicted molar refractivity (Wildman–Crippen MR) is 98.4 cm³/mol. The Morgan fingerprint density at radius 2 is 1.85 bits per heavy atom. The molecule has 0 radical (unpaired) electrons. The second-order valence-electron chi connectivity index (χ2n) is 6.24. The van der Waals surface area contributed by atoms with Gasteiger partial charge in [-0.05, 0) is 42.7 Å². The normalized spacial score (nSPS) is 11.8. The summed E-state index contributed by atoms with van der Waals surface area (Å²) in [7, 11) is 0. The summed E-state index contributed by atoms with van der Waals surface area (Å²) in [4.78, 5) is 25.8. The first-order valence-electron chi connectivity index (χ1n) is 8.40. The van der Waals surface area contributed by atoms with E-state index in [1.165, 1.54) is 4.79 Å². The molecule has 1 aliphatic rings. The third-order valence-electron chi connectivity index (χ3n) is 4.62. The molecule has 132 valence electrons. The fourth-order valence-electron chi connectivity index (χ4n) is 3.33. The zero-order chi connectivity index (χ0) is 19.0. The van der Waals surface area contributed by atoms with Crippen LogP contribution in [0.5, 0.6) is 0 Å². The van der Waals surface area contributed by atoms with E-state index >= 15 is 0 Å². The number of primary amides is 1. The molecule has 0 fully saturated rings. The third kappa shape index (κ3) is 2.83. The molecule has 1 aromatic heterocycles. The molecule has 1 aliphatic carbocycles. The van der Waals surface area contributed by atoms with Crippen molar-refractivity contribution in [3.8, 4) is 17.3 Å². The van der Waals surface area contributed by atoms with Gasteiger partial charge in [-0.3, -0.25) is 9.59 Å². The number of aryl methyl sites for hydroxylation is 1. The van der Waals surface area contributed by atoms with Crippen LogP contribution in [-0.2, 0) is 12.8 Å². The molecule has 0 saturated heterocycles. The van der Waals surface area contributed by atoms with Crippen LogP contribution in [0.25, 0.3) is 11.3 Å². The number of nitrogens with zero attached hydrogens (tertiary/aromatic N) is 3. The summed E-state index contributed by atoms with van der Waals surface area (Å²) in [5.74, 6) is -1.03. The van der Waals surface area contributed by atoms with Gasteiger partial charge in [0, 0.05) is 16.7 Å². The van der Waals surface area contributed by atoms with E-state index in [4.69, 9.17) is 11.0 Å². The quantitative estimate of drug-likeness (QED) is 0.746. The Balaban J connectivity index is 1.76. The highest BCUT2D eigenvalue weighted by Crippen LogP contribution is 2.34. The third-order valence-corrected chi connectivity index (χ3v) is 4.62. The monoisotopic (exact) mass is 357 g/mol. The van der Waals surface area contributed by atoms with Gasteiger partial charge in [-0.25, -0.2) is 5.43 Å². The van der Waals surface area contributed by atoms with Gasteiger partial charge in [0.2, 0.25) is 0 Å². The van der Waals surface area contributed by atoms with Crippen molar-refractivity contribution in [2.24, 2.45) is 5.73 Å². The van der Waals surface area contributed by atoms with Crippen molar-refractivity contribution in [3.63, 3.8) is 0 Å². The van der Waals surface area contributed by atoms with Crippen LogP contribution in [0, 0.1) is 11.3 Å². The molecule has 2 amide bonds. The number of nitrogens with one attached hydrogen (secondary N) is 1. The molecule has 0 aliphatic heterocycles. The van der Waals surface area contributed by atoms with Crippen LogP contribution >= 0.6 is 0 Å². The number of rotatable bonds is 3. The molecular formula is C20H15N5O2. The lowest BCUT2D eigenvalue weighted by molar-refractivity contribution is 0.0983. The molecule has 0 atom stereocenters. The van der Waals surface area contributed by atoms with Gasteiger partial charge in [-0.1, -0.05) is 24.3 Å². The zero-order valence-electron chi connectivity index (χ0n) is 14.3. The first-order valence-corrected chi connectivity index (χ1v) is 8.40. The Labute approximate surface area is 155 Å². The number of hydrogen-bond acceptors (Lipinski definition) is 4. The van der Waals surface area contributed by atoms with E-state index in [0.29, 0.717) is 23.2 Å². The Morgan fingerprint density at radius 3 is 2.56 bits per heavy atom. The standard InChI is InChI=1S/C20H15N5O2/c21-11-12-5-7-14(8-6-12)20(27)24-25-18-15-4-2-1-3-13(15)9-10-16(18)17(23-25)19(22)26/h1-8H,9-10H2,(H2,22,26)(H,24,27). The van der Waals surface area contributed by atoms with Crippen LogP contribution in [0.4, 0.5) is 0 Å². The van der Waals surface area contributed by atoms with Crippen LogP contribution in [0.2, 0.25) is 0 Å². The zero-order valence-corrected chi connectivity index (χ0v) is 14.3. The van der Waals surface area contributed by atoms with Crippen molar-refractivity contribution in [1.29, 1.82) is 5.26 Å². The molecule has 3 N–H and O–H groups in total. The number of nitriles is 1. The van der Waals surface area contributed by atoms with E-state index in [0.717, 1.165) is 23.1 Å². The van der Waals surface area contributed by atoms with Gasteiger partial charge in [0.1, 0.15) is 0 Å². The number of nitrogens with two attached hydrogens (primary N) is 1. The molecule has 0 saturated carbocycles. The maximum absolute atomic E-state index is 12.6. The largest absolute Gasteiger partial charge is 0.364 e. The fourth-order valence-corrected chi connectivity index (χ4v) is 3.33. The van der Waals surface area contributed by atoms with Crippen LogP contribution in [0.15, 0.2) is 48.5 Å². The van der Waals surface area contributed by atoms with Crippen molar-refractivity contribution < 1.29 is 9.59 Å². The molecule has 27 heavy (non-hydrogen) atoms. The molecule has 0 bridgehead atoms. The molecule has 7 heteroatoms. The van der Waals surface area contributed by atoms with E-state index in [1.54, 1.807) is 24.3 Å². The molecule has 2 aromatic carbocycles. The number of aromatic nitrogens is 2. The van der Waals surface area contributed by atoms with Gasteiger partial charge in [-0.15, -0.1) is 5.10 Å². The molecule has 0 unspecified atom stereocenters. The van der Waals surface area contributed by atoms with E-state index in [9.17, 15) is 9.59 Å². The van der Waals surface area contributed by atoms with Gasteiger partial charge >= 0.3 is 0 Å². The van der Waals surface area contributed by atoms with Crippen molar-refractivity contribution in [3.05, 3.63) is 76.5 Å². The topological polar surface area (TPSA) is 114 Å². The van der Waals surface area contributed by atoms with E-state index in [1.807, 2.05) is 30.3 Å². The number of carbonyl (C=O) groups excluding carboxylic acids is 2. The fraction of sp³-hybridized carbons (Fsp3) is 0.100. The van der Waals surface area contributed by atoms with E-state index in [-0.39, 0.29) is 5.69 Å². The minimum atomic E-state index is -0.628. The van der Waals surface area contributed by atoms with Gasteiger partial charge < -0.3 is 5.73 Å². The molecular weight excluding hydrogens is 342 g/mol. The summed E-state index contributed by atoms with van der Waals surface area (Å²) in [5, 5.41) is 13.1. The SMILES string of the molecule is N#Cc1ccc(C(=O)Nn2nc(C(N)=O)c3c2-c2ccccc2CC3)cc1. The van der Waals surface area contributed by atoms with Crippen molar-refractivity contribution >= 4 is 11.8 Å². The van der Waals surface area contributed by atoms with E-state index in [2.05, 4.69) is 10.5 Å². The Morgan fingerprint density at radius 1 is 1.11 bits per heavy atom. The first kappa shape index (κ1) is 16.5. The van der Waals surface area contributed by atoms with Crippen molar-refractivity contribution in [1.82, 2.24) is 9.89 Å². The second-order valence-corrected chi connectivity index (χ2v) is 6.24. The summed E-state index contributed by atoms with van der Waals surface area (Å²) in [5.41, 5.74) is 12.7. The average Bonchev–Trinajstić information content (AvgIpc) is 3.07. The first-order chi connectivity index (χ1) is 13.1. The summed E-state index contributed by atoms with van der Waals surface area (Å²) in [6, 6.07) is 16.1. The molecule has 4 rings (SSSR count). The summed E-state index contributed by atoms with van der Waals surface area (Å²) >= 11 is 0. The van der Waals surface area contributed by atoms with Gasteiger partial charge in [0.05, 0.1) is 17.3 Å². The second kappa shape index (κ2) is 6.42. The number of amides is 2. The van der Waals surface area contributed by atoms with Crippen molar-refractivity contribution in [2.45, 2.75) is 12.8 Å². The molecule has 3 aromatic rings. The minimum Gasteiger partial charge on any atom is -0.364 e. The van der Waals surface area contributed by atoms with Crippen LogP contribution in [-0.4, -0.2) is 21.7 Å². The molecule has 7 nitrogen and oxygen atoms in total. The van der Waals surface area contributed by atoms with Crippen LogP contribution in [0.3, 0.4) is 0 Å². The van der Waals surface area contributed by atoms with Gasteiger partial charge in [-0.2, -0.15) is 10.1 Å². The van der Waals surface area contributed by atoms with Gasteiger partial charge in [0.15, 0.2) is 5.69 Å². The highest BCUT2D eigenvalue weighted by Gasteiger charge is 2.28. The summed E-state index contributed by atoms with van der Waals surface area (Å²) in [6.07, 6.45) is 1.40. The lowest BCUT2D eigenvalue weighted by Gasteiger charge is -2.18. The van der Waals surface area contributed by atoms with Crippen LogP contribution < -0.4 is 11.2 Å². The lowest BCUT2D eigenvalue weighted by Crippen LogP contribution is -2.25. The Hall–Kier alpha value is -3.92. The van der Waals surface area contributed by atoms with Crippen molar-refractivity contribution in [2.75, 3.05) is 5.43 Å². The maximum atomic E-state index is 12.6. The molecule has 1 heterocycles. The number of benzene rings is 2. The summed E-state index contributed by atoms with van der Waals surface area (Å²) in [6.45, 7) is 0. The smallest absolute Gasteiger partial charge is 0.271 e. The summed E-state index contributed by atoms with van der Waals surface area (Å²) < 4.78 is 0. The number of carbonyl (C=O) groups is 2. The van der Waals surface area contributed by atoms with E-state index < -0.39 is 11.8 Å². The number of hydrogen-bond donors (Lipinski definition) is 2.